The van der Waals surface area contributed by atoms with Crippen LogP contribution in [0.2, 0.25) is 12.6 Å². The number of esters is 2. The number of rotatable bonds is 11. The molecule has 0 aromatic heterocycles. The van der Waals surface area contributed by atoms with Crippen LogP contribution >= 0.6 is 0 Å². The number of hydrogen-bond acceptors (Lipinski definition) is 5. The summed E-state index contributed by atoms with van der Waals surface area (Å²) < 4.78 is 16.6. The van der Waals surface area contributed by atoms with Crippen LogP contribution in [0.25, 0.3) is 0 Å². The van der Waals surface area contributed by atoms with Gasteiger partial charge in [-0.2, -0.15) is 0 Å². The van der Waals surface area contributed by atoms with Gasteiger partial charge < -0.3 is 14.2 Å². The van der Waals surface area contributed by atoms with Gasteiger partial charge in [0.05, 0.1) is 14.0 Å². The predicted octanol–water partition coefficient (Wildman–Crippen LogP) is 3.19. The normalized spacial score (nSPS) is 14.6. The Kier molecular flexibility index (Phi) is 9.85. The highest BCUT2D eigenvalue weighted by Gasteiger charge is 2.34. The lowest BCUT2D eigenvalue weighted by Crippen LogP contribution is -2.48. The Morgan fingerprint density at radius 1 is 1.04 bits per heavy atom. The summed E-state index contributed by atoms with van der Waals surface area (Å²) in [5, 5.41) is -0.259. The minimum Gasteiger partial charge on any atom is -0.459 e. The van der Waals surface area contributed by atoms with E-state index in [1.807, 2.05) is 0 Å². The van der Waals surface area contributed by atoms with Gasteiger partial charge in [-0.25, -0.2) is 9.59 Å². The van der Waals surface area contributed by atoms with Crippen molar-refractivity contribution in [2.45, 2.75) is 65.0 Å². The Morgan fingerprint density at radius 3 is 1.75 bits per heavy atom. The molecule has 0 heterocycles. The van der Waals surface area contributed by atoms with Crippen LogP contribution < -0.4 is 0 Å². The van der Waals surface area contributed by atoms with Crippen LogP contribution in [0.15, 0.2) is 24.3 Å². The summed E-state index contributed by atoms with van der Waals surface area (Å²) in [6, 6.07) is 1.09. The van der Waals surface area contributed by atoms with Crippen LogP contribution in [-0.2, 0) is 23.8 Å². The SMILES string of the molecule is C=C(C)C(=O)OCC(COC(=O)C(=C)C)OC(C)(CC)[SiH](C)CC. The topological polar surface area (TPSA) is 61.8 Å². The van der Waals surface area contributed by atoms with Crippen LogP contribution in [0.3, 0.4) is 0 Å². The predicted molar refractivity (Wildman–Crippen MR) is 98.6 cm³/mol. The van der Waals surface area contributed by atoms with E-state index in [9.17, 15) is 9.59 Å². The Labute approximate surface area is 147 Å². The molecule has 0 aromatic carbocycles. The standard InChI is InChI=1S/C18H32O5Si/c1-9-18(7,24(8)10-2)23-15(11-21-16(19)13(3)4)12-22-17(20)14(5)6/h15,24H,3,5,9-12H2,1-2,4,6-8H3. The Morgan fingerprint density at radius 2 is 1.46 bits per heavy atom. The van der Waals surface area contributed by atoms with Crippen molar-refractivity contribution in [1.82, 2.24) is 0 Å². The second-order valence-corrected chi connectivity index (χ2v) is 10.3. The third-order valence-corrected chi connectivity index (χ3v) is 8.14. The molecule has 0 saturated carbocycles. The minimum atomic E-state index is -1.14. The molecule has 0 radical (unpaired) electrons. The molecule has 138 valence electrons. The van der Waals surface area contributed by atoms with E-state index in [0.29, 0.717) is 11.1 Å². The van der Waals surface area contributed by atoms with Gasteiger partial charge in [-0.05, 0) is 27.2 Å². The summed E-state index contributed by atoms with van der Waals surface area (Å²) in [5.74, 6) is -0.956. The van der Waals surface area contributed by atoms with E-state index in [1.165, 1.54) is 0 Å². The summed E-state index contributed by atoms with van der Waals surface area (Å²) in [6.07, 6.45) is 0.344. The molecule has 6 heteroatoms. The zero-order chi connectivity index (χ0) is 18.9. The van der Waals surface area contributed by atoms with E-state index >= 15 is 0 Å². The summed E-state index contributed by atoms with van der Waals surface area (Å²) in [5.41, 5.74) is 0.643. The highest BCUT2D eigenvalue weighted by Crippen LogP contribution is 2.24. The van der Waals surface area contributed by atoms with Crippen molar-refractivity contribution in [3.63, 3.8) is 0 Å². The molecule has 0 fully saturated rings. The van der Waals surface area contributed by atoms with E-state index < -0.39 is 26.8 Å². The average Bonchev–Trinajstić information content (AvgIpc) is 2.55. The zero-order valence-electron chi connectivity index (χ0n) is 15.9. The van der Waals surface area contributed by atoms with Gasteiger partial charge in [0.2, 0.25) is 0 Å². The minimum absolute atomic E-state index is 0.0234. The molecule has 0 aliphatic rings. The van der Waals surface area contributed by atoms with Crippen molar-refractivity contribution in [2.75, 3.05) is 13.2 Å². The van der Waals surface area contributed by atoms with Gasteiger partial charge in [-0.15, -0.1) is 0 Å². The van der Waals surface area contributed by atoms with Crippen LogP contribution in [0.4, 0.5) is 0 Å². The Bertz CT molecular complexity index is 444. The summed E-state index contributed by atoms with van der Waals surface area (Å²) >= 11 is 0. The van der Waals surface area contributed by atoms with Crippen molar-refractivity contribution in [1.29, 1.82) is 0 Å². The molecule has 0 aromatic rings. The molecule has 24 heavy (non-hydrogen) atoms. The van der Waals surface area contributed by atoms with E-state index in [1.54, 1.807) is 13.8 Å². The first-order valence-corrected chi connectivity index (χ1v) is 10.9. The fraction of sp³-hybridized carbons (Fsp3) is 0.667. The average molecular weight is 357 g/mol. The van der Waals surface area contributed by atoms with Crippen molar-refractivity contribution in [2.24, 2.45) is 0 Å². The van der Waals surface area contributed by atoms with Gasteiger partial charge in [0.25, 0.3) is 0 Å². The molecule has 0 rings (SSSR count). The molecule has 5 nitrogen and oxygen atoms in total. The van der Waals surface area contributed by atoms with Gasteiger partial charge in [-0.3, -0.25) is 0 Å². The van der Waals surface area contributed by atoms with E-state index in [-0.39, 0.29) is 18.4 Å². The molecule has 0 N–H and O–H groups in total. The fourth-order valence-electron chi connectivity index (χ4n) is 2.06. The summed E-state index contributed by atoms with van der Waals surface area (Å²) in [7, 11) is -1.14. The smallest absolute Gasteiger partial charge is 0.333 e. The maximum absolute atomic E-state index is 11.6. The quantitative estimate of drug-likeness (QED) is 0.323. The second kappa shape index (κ2) is 10.5. The van der Waals surface area contributed by atoms with Crippen LogP contribution in [0.5, 0.6) is 0 Å². The van der Waals surface area contributed by atoms with E-state index in [0.717, 1.165) is 12.5 Å². The zero-order valence-corrected chi connectivity index (χ0v) is 17.1. The molecule has 0 aliphatic heterocycles. The monoisotopic (exact) mass is 356 g/mol. The number of ether oxygens (including phenoxy) is 3. The lowest BCUT2D eigenvalue weighted by atomic mass is 10.3. The molecule has 0 saturated heterocycles. The van der Waals surface area contributed by atoms with Crippen LogP contribution in [-0.4, -0.2) is 45.3 Å². The Hall–Kier alpha value is -1.40. The molecular weight excluding hydrogens is 324 g/mol. The molecule has 2 atom stereocenters. The first-order chi connectivity index (χ1) is 11.1. The molecule has 0 aliphatic carbocycles. The lowest BCUT2D eigenvalue weighted by Gasteiger charge is -2.37. The van der Waals surface area contributed by atoms with Gasteiger partial charge in [0, 0.05) is 11.1 Å². The molecular formula is C18H32O5Si. The van der Waals surface area contributed by atoms with Crippen molar-refractivity contribution in [3.05, 3.63) is 24.3 Å². The number of carbonyl (C=O) groups excluding carboxylic acids is 2. The fourth-order valence-corrected chi connectivity index (χ4v) is 4.05. The first-order valence-electron chi connectivity index (χ1n) is 8.40. The second-order valence-electron chi connectivity index (χ2n) is 6.47. The largest absolute Gasteiger partial charge is 0.459 e. The first kappa shape index (κ1) is 22.6. The van der Waals surface area contributed by atoms with Gasteiger partial charge in [0.1, 0.15) is 19.3 Å². The maximum Gasteiger partial charge on any atom is 0.333 e. The highest BCUT2D eigenvalue weighted by molar-refractivity contribution is 6.60. The number of hydrogen-bond donors (Lipinski definition) is 0. The Balaban J connectivity index is 5.01. The van der Waals surface area contributed by atoms with Crippen LogP contribution in [0.1, 0.15) is 41.0 Å². The third kappa shape index (κ3) is 7.44. The van der Waals surface area contributed by atoms with E-state index in [2.05, 4.69) is 40.5 Å². The van der Waals surface area contributed by atoms with Gasteiger partial charge in [-0.1, -0.05) is 39.6 Å². The highest BCUT2D eigenvalue weighted by atomic mass is 28.3. The maximum atomic E-state index is 11.6. The van der Waals surface area contributed by atoms with Crippen LogP contribution in [0, 0.1) is 0 Å². The summed E-state index contributed by atoms with van der Waals surface area (Å²) in [6.45, 7) is 18.9. The van der Waals surface area contributed by atoms with Crippen molar-refractivity contribution < 1.29 is 23.8 Å². The molecule has 2 unspecified atom stereocenters. The van der Waals surface area contributed by atoms with E-state index in [4.69, 9.17) is 14.2 Å². The lowest BCUT2D eigenvalue weighted by molar-refractivity contribution is -0.156. The molecule has 0 bridgehead atoms. The van der Waals surface area contributed by atoms with Crippen molar-refractivity contribution >= 4 is 20.7 Å². The third-order valence-electron chi connectivity index (χ3n) is 4.29. The van der Waals surface area contributed by atoms with Gasteiger partial charge >= 0.3 is 11.9 Å². The van der Waals surface area contributed by atoms with Gasteiger partial charge in [0.15, 0.2) is 0 Å². The molecule has 0 spiro atoms. The summed E-state index contributed by atoms with van der Waals surface area (Å²) in [4.78, 5) is 23.3. The van der Waals surface area contributed by atoms with Crippen molar-refractivity contribution in [3.8, 4) is 0 Å². The number of carbonyl (C=O) groups is 2. The molecule has 0 amide bonds.